The van der Waals surface area contributed by atoms with Gasteiger partial charge >= 0.3 is 5.97 Å². The minimum atomic E-state index is -4.12. The monoisotopic (exact) mass is 401 g/mol. The van der Waals surface area contributed by atoms with E-state index in [1.54, 1.807) is 31.2 Å². The van der Waals surface area contributed by atoms with Crippen LogP contribution in [-0.2, 0) is 19.6 Å². The Kier molecular flexibility index (Phi) is 6.32. The standard InChI is InChI=1S/C17H17Cl2NO4S/c1-3-24-17(21)11-20(14-7-4-12(2)5-8-14)25(22,23)16-10-13(18)6-9-15(16)19/h4-10H,3,11H2,1-2H3. The van der Waals surface area contributed by atoms with E-state index in [1.807, 2.05) is 6.92 Å². The molecule has 0 aliphatic heterocycles. The molecule has 0 unspecified atom stereocenters. The lowest BCUT2D eigenvalue weighted by atomic mass is 10.2. The molecule has 0 bridgehead atoms. The molecule has 134 valence electrons. The first-order valence-electron chi connectivity index (χ1n) is 7.45. The number of anilines is 1. The van der Waals surface area contributed by atoms with Crippen LogP contribution in [0.5, 0.6) is 0 Å². The van der Waals surface area contributed by atoms with Gasteiger partial charge in [0.1, 0.15) is 11.4 Å². The van der Waals surface area contributed by atoms with Crippen LogP contribution in [0.3, 0.4) is 0 Å². The number of esters is 1. The lowest BCUT2D eigenvalue weighted by molar-refractivity contribution is -0.141. The number of carbonyl (C=O) groups excluding carboxylic acids is 1. The number of hydrogen-bond acceptors (Lipinski definition) is 4. The smallest absolute Gasteiger partial charge is 0.326 e. The third kappa shape index (κ3) is 4.66. The summed E-state index contributed by atoms with van der Waals surface area (Å²) in [6.07, 6.45) is 0. The van der Waals surface area contributed by atoms with Crippen molar-refractivity contribution in [3.8, 4) is 0 Å². The van der Waals surface area contributed by atoms with E-state index in [1.165, 1.54) is 18.2 Å². The summed E-state index contributed by atoms with van der Waals surface area (Å²) in [5, 5.41) is 0.244. The highest BCUT2D eigenvalue weighted by Crippen LogP contribution is 2.30. The van der Waals surface area contributed by atoms with Gasteiger partial charge in [-0.05, 0) is 44.2 Å². The van der Waals surface area contributed by atoms with Gasteiger partial charge in [0.25, 0.3) is 10.0 Å². The van der Waals surface area contributed by atoms with Crippen LogP contribution in [0.25, 0.3) is 0 Å². The highest BCUT2D eigenvalue weighted by atomic mass is 35.5. The minimum absolute atomic E-state index is 0.0189. The van der Waals surface area contributed by atoms with E-state index in [4.69, 9.17) is 27.9 Å². The number of benzene rings is 2. The molecular weight excluding hydrogens is 385 g/mol. The van der Waals surface area contributed by atoms with Gasteiger partial charge in [-0.2, -0.15) is 0 Å². The molecule has 0 saturated heterocycles. The highest BCUT2D eigenvalue weighted by molar-refractivity contribution is 7.93. The first kappa shape index (κ1) is 19.6. The van der Waals surface area contributed by atoms with Gasteiger partial charge in [0, 0.05) is 5.02 Å². The molecule has 0 saturated carbocycles. The first-order valence-corrected chi connectivity index (χ1v) is 9.65. The molecule has 0 heterocycles. The molecule has 0 amide bonds. The summed E-state index contributed by atoms with van der Waals surface area (Å²) >= 11 is 12.0. The summed E-state index contributed by atoms with van der Waals surface area (Å²) in [5.74, 6) is -0.662. The zero-order valence-electron chi connectivity index (χ0n) is 13.7. The maximum Gasteiger partial charge on any atom is 0.326 e. The second kappa shape index (κ2) is 8.08. The van der Waals surface area contributed by atoms with E-state index < -0.39 is 22.5 Å². The molecule has 0 N–H and O–H groups in total. The third-order valence-electron chi connectivity index (χ3n) is 3.36. The predicted molar refractivity (Wildman–Crippen MR) is 98.8 cm³/mol. The molecule has 8 heteroatoms. The zero-order valence-corrected chi connectivity index (χ0v) is 16.0. The van der Waals surface area contributed by atoms with Crippen molar-refractivity contribution in [2.75, 3.05) is 17.5 Å². The van der Waals surface area contributed by atoms with Gasteiger partial charge in [-0.25, -0.2) is 8.42 Å². The average Bonchev–Trinajstić information content (AvgIpc) is 2.56. The van der Waals surface area contributed by atoms with Gasteiger partial charge in [-0.1, -0.05) is 40.9 Å². The Hall–Kier alpha value is -1.76. The van der Waals surface area contributed by atoms with E-state index in [2.05, 4.69) is 0 Å². The van der Waals surface area contributed by atoms with Crippen LogP contribution < -0.4 is 4.31 Å². The Labute approximate surface area is 157 Å². The second-order valence-electron chi connectivity index (χ2n) is 5.23. The first-order chi connectivity index (χ1) is 11.8. The molecule has 0 fully saturated rings. The molecule has 0 radical (unpaired) electrons. The van der Waals surface area contributed by atoms with Crippen LogP contribution in [0.1, 0.15) is 12.5 Å². The van der Waals surface area contributed by atoms with E-state index in [0.29, 0.717) is 5.69 Å². The van der Waals surface area contributed by atoms with E-state index >= 15 is 0 Å². The fraction of sp³-hybridized carbons (Fsp3) is 0.235. The van der Waals surface area contributed by atoms with Gasteiger partial charge < -0.3 is 4.74 Å². The van der Waals surface area contributed by atoms with E-state index in [9.17, 15) is 13.2 Å². The fourth-order valence-corrected chi connectivity index (χ4v) is 4.29. The van der Waals surface area contributed by atoms with Crippen LogP contribution in [-0.4, -0.2) is 27.5 Å². The van der Waals surface area contributed by atoms with Crippen molar-refractivity contribution in [3.63, 3.8) is 0 Å². The lowest BCUT2D eigenvalue weighted by Crippen LogP contribution is -2.36. The fourth-order valence-electron chi connectivity index (χ4n) is 2.14. The SMILES string of the molecule is CCOC(=O)CN(c1ccc(C)cc1)S(=O)(=O)c1cc(Cl)ccc1Cl. The molecule has 25 heavy (non-hydrogen) atoms. The van der Waals surface area contributed by atoms with Gasteiger partial charge in [0.2, 0.25) is 0 Å². The number of rotatable bonds is 6. The predicted octanol–water partition coefficient (Wildman–Crippen LogP) is 4.06. The van der Waals surface area contributed by atoms with Crippen LogP contribution in [0.15, 0.2) is 47.4 Å². The summed E-state index contributed by atoms with van der Waals surface area (Å²) in [6.45, 7) is 3.21. The maximum atomic E-state index is 13.1. The van der Waals surface area contributed by atoms with Crippen LogP contribution in [0.2, 0.25) is 10.0 Å². The minimum Gasteiger partial charge on any atom is -0.465 e. The topological polar surface area (TPSA) is 63.7 Å². The maximum absolute atomic E-state index is 13.1. The van der Waals surface area contributed by atoms with Crippen LogP contribution in [0.4, 0.5) is 5.69 Å². The number of nitrogens with zero attached hydrogens (tertiary/aromatic N) is 1. The van der Waals surface area contributed by atoms with Crippen molar-refractivity contribution >= 4 is 44.9 Å². The summed E-state index contributed by atoms with van der Waals surface area (Å²) in [6, 6.07) is 10.9. The van der Waals surface area contributed by atoms with E-state index in [-0.39, 0.29) is 21.5 Å². The molecule has 0 atom stereocenters. The Bertz CT molecular complexity index is 867. The highest BCUT2D eigenvalue weighted by Gasteiger charge is 2.29. The van der Waals surface area contributed by atoms with Crippen molar-refractivity contribution in [1.82, 2.24) is 0 Å². The Morgan fingerprint density at radius 1 is 1.12 bits per heavy atom. The van der Waals surface area contributed by atoms with Crippen molar-refractivity contribution in [3.05, 3.63) is 58.1 Å². The number of carbonyl (C=O) groups is 1. The number of sulfonamides is 1. The molecule has 0 aliphatic rings. The van der Waals surface area contributed by atoms with Crippen molar-refractivity contribution in [2.45, 2.75) is 18.7 Å². The number of halogens is 2. The molecule has 0 spiro atoms. The largest absolute Gasteiger partial charge is 0.465 e. The average molecular weight is 402 g/mol. The van der Waals surface area contributed by atoms with Gasteiger partial charge in [0.15, 0.2) is 0 Å². The summed E-state index contributed by atoms with van der Waals surface area (Å²) in [7, 11) is -4.12. The third-order valence-corrected chi connectivity index (χ3v) is 5.85. The molecule has 2 aromatic rings. The van der Waals surface area contributed by atoms with Crippen LogP contribution in [0, 0.1) is 6.92 Å². The van der Waals surface area contributed by atoms with Gasteiger partial charge in [0.05, 0.1) is 17.3 Å². The molecule has 2 rings (SSSR count). The summed E-state index contributed by atoms with van der Waals surface area (Å²) in [5.41, 5.74) is 1.28. The quantitative estimate of drug-likeness (QED) is 0.684. The molecule has 0 aromatic heterocycles. The molecular formula is C17H17Cl2NO4S. The van der Waals surface area contributed by atoms with E-state index in [0.717, 1.165) is 9.87 Å². The van der Waals surface area contributed by atoms with Crippen LogP contribution >= 0.6 is 23.2 Å². The van der Waals surface area contributed by atoms with Crippen molar-refractivity contribution < 1.29 is 17.9 Å². The number of aryl methyl sites for hydroxylation is 1. The number of hydrogen-bond donors (Lipinski definition) is 0. The van der Waals surface area contributed by atoms with Crippen molar-refractivity contribution in [2.24, 2.45) is 0 Å². The Balaban J connectivity index is 2.54. The van der Waals surface area contributed by atoms with Gasteiger partial charge in [-0.3, -0.25) is 9.10 Å². The summed E-state index contributed by atoms with van der Waals surface area (Å²) in [4.78, 5) is 11.8. The number of ether oxygens (including phenoxy) is 1. The zero-order chi connectivity index (χ0) is 18.6. The second-order valence-corrected chi connectivity index (χ2v) is 7.90. The summed E-state index contributed by atoms with van der Waals surface area (Å²) < 4.78 is 32.1. The molecule has 0 aliphatic carbocycles. The lowest BCUT2D eigenvalue weighted by Gasteiger charge is -2.24. The Morgan fingerprint density at radius 3 is 2.36 bits per heavy atom. The normalized spacial score (nSPS) is 11.2. The van der Waals surface area contributed by atoms with Gasteiger partial charge in [-0.15, -0.1) is 0 Å². The molecule has 2 aromatic carbocycles. The van der Waals surface area contributed by atoms with Crippen molar-refractivity contribution in [1.29, 1.82) is 0 Å². The Morgan fingerprint density at radius 2 is 1.76 bits per heavy atom. The molecule has 5 nitrogen and oxygen atoms in total.